The minimum absolute atomic E-state index is 0.0239. The molecule has 0 spiro atoms. The Morgan fingerprint density at radius 1 is 1.16 bits per heavy atom. The van der Waals surface area contributed by atoms with Gasteiger partial charge in [-0.25, -0.2) is 4.98 Å². The maximum atomic E-state index is 13.0. The molecule has 1 N–H and O–H groups in total. The lowest BCUT2D eigenvalue weighted by Gasteiger charge is -2.39. The molecule has 0 bridgehead atoms. The van der Waals surface area contributed by atoms with Gasteiger partial charge in [-0.05, 0) is 24.3 Å². The fraction of sp³-hybridized carbons (Fsp3) is 0.583. The van der Waals surface area contributed by atoms with E-state index in [1.807, 2.05) is 37.6 Å². The van der Waals surface area contributed by atoms with Crippen molar-refractivity contribution in [2.24, 2.45) is 18.9 Å². The van der Waals surface area contributed by atoms with E-state index in [4.69, 9.17) is 4.74 Å². The zero-order valence-electron chi connectivity index (χ0n) is 18.6. The topological polar surface area (TPSA) is 62.6 Å². The number of carbonyl (C=O) groups excluding carboxylic acids is 1. The van der Waals surface area contributed by atoms with Gasteiger partial charge >= 0.3 is 0 Å². The molecule has 0 aliphatic carbocycles. The molecule has 3 heterocycles. The Labute approximate surface area is 185 Å². The average Bonchev–Trinajstić information content (AvgIpc) is 3.19. The van der Waals surface area contributed by atoms with Crippen molar-refractivity contribution in [3.63, 3.8) is 0 Å². The molecule has 2 aromatic rings. The zero-order valence-corrected chi connectivity index (χ0v) is 18.6. The molecule has 31 heavy (non-hydrogen) atoms. The van der Waals surface area contributed by atoms with Crippen molar-refractivity contribution in [3.05, 3.63) is 54.1 Å². The van der Waals surface area contributed by atoms with Crippen LogP contribution >= 0.6 is 0 Å². The van der Waals surface area contributed by atoms with Gasteiger partial charge in [-0.3, -0.25) is 14.6 Å². The van der Waals surface area contributed by atoms with E-state index in [9.17, 15) is 4.79 Å². The predicted molar refractivity (Wildman–Crippen MR) is 120 cm³/mol. The highest BCUT2D eigenvalue weighted by Gasteiger charge is 2.33. The van der Waals surface area contributed by atoms with Crippen molar-refractivity contribution in [1.82, 2.24) is 24.7 Å². The van der Waals surface area contributed by atoms with Crippen molar-refractivity contribution < 1.29 is 9.53 Å². The summed E-state index contributed by atoms with van der Waals surface area (Å²) < 4.78 is 7.58. The molecule has 2 atom stereocenters. The number of amides is 1. The first kappa shape index (κ1) is 22.0. The molecule has 7 heteroatoms. The Morgan fingerprint density at radius 2 is 1.97 bits per heavy atom. The number of ether oxygens (including phenoxy) is 1. The van der Waals surface area contributed by atoms with E-state index in [1.165, 1.54) is 5.56 Å². The Bertz CT molecular complexity index is 818. The van der Waals surface area contributed by atoms with Crippen molar-refractivity contribution >= 4 is 5.91 Å². The molecule has 2 saturated heterocycles. The summed E-state index contributed by atoms with van der Waals surface area (Å²) in [6.07, 6.45) is 5.65. The number of aromatic nitrogens is 2. The predicted octanol–water partition coefficient (Wildman–Crippen LogP) is 1.55. The van der Waals surface area contributed by atoms with E-state index in [2.05, 4.69) is 36.8 Å². The number of piperidine rings is 1. The maximum Gasteiger partial charge on any atom is 0.224 e. The lowest BCUT2D eigenvalue weighted by Crippen LogP contribution is -2.50. The van der Waals surface area contributed by atoms with Crippen molar-refractivity contribution in [1.29, 1.82) is 0 Å². The standard InChI is InChI=1S/C24H35N5O2/c1-27-10-9-25-23(27)19-29-17-21(16-28-11-13-31-14-12-28)15-22(18-29)24(30)26-8-7-20-5-3-2-4-6-20/h2-6,9-10,21-22H,7-8,11-19H2,1H3,(H,26,30)/t21-,22-/m1/s1. The van der Waals surface area contributed by atoms with Crippen LogP contribution in [0.25, 0.3) is 0 Å². The third-order valence-electron chi connectivity index (χ3n) is 6.45. The number of carbonyl (C=O) groups is 1. The fourth-order valence-electron chi connectivity index (χ4n) is 4.77. The molecular formula is C24H35N5O2. The Balaban J connectivity index is 1.35. The van der Waals surface area contributed by atoms with Gasteiger partial charge in [0.2, 0.25) is 5.91 Å². The molecule has 2 fully saturated rings. The first-order valence-electron chi connectivity index (χ1n) is 11.5. The molecule has 7 nitrogen and oxygen atoms in total. The number of hydrogen-bond acceptors (Lipinski definition) is 5. The summed E-state index contributed by atoms with van der Waals surface area (Å²) in [5, 5.41) is 3.20. The molecule has 2 aliphatic heterocycles. The monoisotopic (exact) mass is 425 g/mol. The van der Waals surface area contributed by atoms with Crippen LogP contribution in [0.3, 0.4) is 0 Å². The second-order valence-corrected chi connectivity index (χ2v) is 8.89. The number of likely N-dealkylation sites (tertiary alicyclic amines) is 1. The largest absolute Gasteiger partial charge is 0.379 e. The van der Waals surface area contributed by atoms with E-state index in [1.54, 1.807) is 0 Å². The molecule has 1 aromatic carbocycles. The summed E-state index contributed by atoms with van der Waals surface area (Å²) in [5.74, 6) is 1.75. The summed E-state index contributed by atoms with van der Waals surface area (Å²) in [4.78, 5) is 22.5. The third kappa shape index (κ3) is 6.38. The van der Waals surface area contributed by atoms with Gasteiger partial charge < -0.3 is 14.6 Å². The van der Waals surface area contributed by atoms with Crippen LogP contribution in [-0.2, 0) is 29.5 Å². The van der Waals surface area contributed by atoms with Gasteiger partial charge in [-0.1, -0.05) is 30.3 Å². The summed E-state index contributed by atoms with van der Waals surface area (Å²) in [6.45, 7) is 7.92. The van der Waals surface area contributed by atoms with Crippen LogP contribution in [0.2, 0.25) is 0 Å². The number of aryl methyl sites for hydroxylation is 1. The summed E-state index contributed by atoms with van der Waals surface area (Å²) in [5.41, 5.74) is 1.26. The van der Waals surface area contributed by atoms with Crippen LogP contribution in [0.15, 0.2) is 42.7 Å². The smallest absolute Gasteiger partial charge is 0.224 e. The first-order chi connectivity index (χ1) is 15.2. The van der Waals surface area contributed by atoms with Crippen LogP contribution in [0.5, 0.6) is 0 Å². The number of morpholine rings is 1. The van der Waals surface area contributed by atoms with E-state index in [0.717, 1.165) is 71.1 Å². The van der Waals surface area contributed by atoms with Crippen LogP contribution in [0.1, 0.15) is 17.8 Å². The molecule has 1 aromatic heterocycles. The van der Waals surface area contributed by atoms with Gasteiger partial charge in [0.05, 0.1) is 25.7 Å². The Morgan fingerprint density at radius 3 is 2.71 bits per heavy atom. The summed E-state index contributed by atoms with van der Waals surface area (Å²) in [6, 6.07) is 10.3. The number of benzene rings is 1. The number of imidazole rings is 1. The molecule has 0 radical (unpaired) electrons. The highest BCUT2D eigenvalue weighted by atomic mass is 16.5. The quantitative estimate of drug-likeness (QED) is 0.695. The zero-order chi connectivity index (χ0) is 21.5. The van der Waals surface area contributed by atoms with Crippen LogP contribution < -0.4 is 5.32 Å². The molecule has 168 valence electrons. The third-order valence-corrected chi connectivity index (χ3v) is 6.45. The minimum atomic E-state index is 0.0239. The molecule has 0 unspecified atom stereocenters. The van der Waals surface area contributed by atoms with Gasteiger partial charge in [0.1, 0.15) is 5.82 Å². The van der Waals surface area contributed by atoms with Gasteiger partial charge in [-0.2, -0.15) is 0 Å². The lowest BCUT2D eigenvalue weighted by molar-refractivity contribution is -0.127. The van der Waals surface area contributed by atoms with Gasteiger partial charge in [0.15, 0.2) is 0 Å². The minimum Gasteiger partial charge on any atom is -0.379 e. The number of nitrogens with one attached hydrogen (secondary N) is 1. The van der Waals surface area contributed by atoms with E-state index < -0.39 is 0 Å². The van der Waals surface area contributed by atoms with E-state index in [0.29, 0.717) is 12.5 Å². The molecule has 1 amide bonds. The van der Waals surface area contributed by atoms with Crippen LogP contribution in [0.4, 0.5) is 0 Å². The molecular weight excluding hydrogens is 390 g/mol. The van der Waals surface area contributed by atoms with Crippen LogP contribution in [-0.4, -0.2) is 77.7 Å². The maximum absolute atomic E-state index is 13.0. The van der Waals surface area contributed by atoms with E-state index in [-0.39, 0.29) is 11.8 Å². The number of hydrogen-bond donors (Lipinski definition) is 1. The highest BCUT2D eigenvalue weighted by Crippen LogP contribution is 2.25. The Hall–Kier alpha value is -2.22. The average molecular weight is 426 g/mol. The van der Waals surface area contributed by atoms with Crippen molar-refractivity contribution in [2.45, 2.75) is 19.4 Å². The SMILES string of the molecule is Cn1ccnc1CN1C[C@@H](CN2CCOCC2)C[C@@H](C(=O)NCCc2ccccc2)C1. The van der Waals surface area contributed by atoms with Crippen LogP contribution in [0, 0.1) is 11.8 Å². The molecule has 2 aliphatic rings. The lowest BCUT2D eigenvalue weighted by atomic mass is 9.88. The summed E-state index contributed by atoms with van der Waals surface area (Å²) in [7, 11) is 2.03. The fourth-order valence-corrected chi connectivity index (χ4v) is 4.77. The first-order valence-corrected chi connectivity index (χ1v) is 11.5. The normalized spacial score (nSPS) is 23.0. The molecule has 0 saturated carbocycles. The van der Waals surface area contributed by atoms with Crippen molar-refractivity contribution in [2.75, 3.05) is 52.5 Å². The summed E-state index contributed by atoms with van der Waals surface area (Å²) >= 11 is 0. The van der Waals surface area contributed by atoms with Gasteiger partial charge in [0.25, 0.3) is 0 Å². The number of nitrogens with zero attached hydrogens (tertiary/aromatic N) is 4. The van der Waals surface area contributed by atoms with Crippen molar-refractivity contribution in [3.8, 4) is 0 Å². The number of rotatable bonds is 8. The second kappa shape index (κ2) is 10.9. The van der Waals surface area contributed by atoms with Gasteiger partial charge in [0, 0.05) is 58.7 Å². The molecule has 4 rings (SSSR count). The highest BCUT2D eigenvalue weighted by molar-refractivity contribution is 5.79. The Kier molecular flexibility index (Phi) is 7.72. The van der Waals surface area contributed by atoms with E-state index >= 15 is 0 Å². The van der Waals surface area contributed by atoms with Gasteiger partial charge in [-0.15, -0.1) is 0 Å². The second-order valence-electron chi connectivity index (χ2n) is 8.89.